The normalized spacial score (nSPS) is 11.3. The van der Waals surface area contributed by atoms with Crippen molar-refractivity contribution >= 4 is 21.4 Å². The molecule has 2 rings (SSSR count). The van der Waals surface area contributed by atoms with Crippen LogP contribution in [0.2, 0.25) is 0 Å². The Balaban J connectivity index is 2.43. The van der Waals surface area contributed by atoms with Gasteiger partial charge < -0.3 is 5.73 Å². The molecule has 0 bridgehead atoms. The molecule has 0 unspecified atom stereocenters. The smallest absolute Gasteiger partial charge is 0.264 e. The van der Waals surface area contributed by atoms with Crippen LogP contribution in [0.15, 0.2) is 41.3 Å². The van der Waals surface area contributed by atoms with E-state index in [-0.39, 0.29) is 5.69 Å². The van der Waals surface area contributed by atoms with E-state index in [1.54, 1.807) is 0 Å². The predicted octanol–water partition coefficient (Wildman–Crippen LogP) is 2.49. The molecule has 4 nitrogen and oxygen atoms in total. The monoisotopic (exact) mass is 302 g/mol. The van der Waals surface area contributed by atoms with Crippen LogP contribution in [0.1, 0.15) is 0 Å². The SMILES string of the molecule is Nc1cc(F)ccc1S(=O)(=O)Nc1cc(F)ccc1F. The van der Waals surface area contributed by atoms with Crippen molar-refractivity contribution in [3.8, 4) is 0 Å². The fourth-order valence-corrected chi connectivity index (χ4v) is 2.71. The number of anilines is 2. The Kier molecular flexibility index (Phi) is 3.58. The number of nitrogen functional groups attached to an aromatic ring is 1. The minimum atomic E-state index is -4.25. The lowest BCUT2D eigenvalue weighted by Crippen LogP contribution is -2.16. The molecule has 3 N–H and O–H groups in total. The highest BCUT2D eigenvalue weighted by molar-refractivity contribution is 7.92. The summed E-state index contributed by atoms with van der Waals surface area (Å²) in [5.74, 6) is -2.47. The summed E-state index contributed by atoms with van der Waals surface area (Å²) >= 11 is 0. The lowest BCUT2D eigenvalue weighted by Gasteiger charge is -2.10. The highest BCUT2D eigenvalue weighted by Crippen LogP contribution is 2.24. The van der Waals surface area contributed by atoms with Crippen molar-refractivity contribution in [3.63, 3.8) is 0 Å². The van der Waals surface area contributed by atoms with Crippen molar-refractivity contribution in [2.45, 2.75) is 4.90 Å². The molecule has 0 aliphatic heterocycles. The molecule has 0 heterocycles. The van der Waals surface area contributed by atoms with Crippen molar-refractivity contribution in [3.05, 3.63) is 53.8 Å². The van der Waals surface area contributed by atoms with Gasteiger partial charge in [-0.05, 0) is 30.3 Å². The number of nitrogens with one attached hydrogen (secondary N) is 1. The van der Waals surface area contributed by atoms with Crippen molar-refractivity contribution in [2.75, 3.05) is 10.5 Å². The molecule has 0 aliphatic carbocycles. The molecule has 2 aromatic carbocycles. The Morgan fingerprint density at radius 2 is 1.55 bits per heavy atom. The first-order valence-corrected chi connectivity index (χ1v) is 6.81. The van der Waals surface area contributed by atoms with E-state index >= 15 is 0 Å². The van der Waals surface area contributed by atoms with Crippen molar-refractivity contribution in [1.29, 1.82) is 0 Å². The van der Waals surface area contributed by atoms with Gasteiger partial charge in [-0.25, -0.2) is 21.6 Å². The minimum absolute atomic E-state index is 0.339. The van der Waals surface area contributed by atoms with Gasteiger partial charge in [0.05, 0.1) is 11.4 Å². The van der Waals surface area contributed by atoms with Crippen LogP contribution in [-0.2, 0) is 10.0 Å². The van der Waals surface area contributed by atoms with Crippen LogP contribution in [0.4, 0.5) is 24.5 Å². The Bertz CT molecular complexity index is 763. The van der Waals surface area contributed by atoms with Gasteiger partial charge in [0.2, 0.25) is 0 Å². The second-order valence-corrected chi connectivity index (χ2v) is 5.56. The second-order valence-electron chi connectivity index (χ2n) is 3.91. The van der Waals surface area contributed by atoms with E-state index < -0.39 is 38.1 Å². The van der Waals surface area contributed by atoms with Crippen molar-refractivity contribution in [2.24, 2.45) is 0 Å². The maximum atomic E-state index is 13.4. The number of sulfonamides is 1. The summed E-state index contributed by atoms with van der Waals surface area (Å²) in [4.78, 5) is -0.428. The number of hydrogen-bond acceptors (Lipinski definition) is 3. The van der Waals surface area contributed by atoms with Gasteiger partial charge >= 0.3 is 0 Å². The third-order valence-electron chi connectivity index (χ3n) is 2.43. The standard InChI is InChI=1S/C12H9F3N2O2S/c13-7-2-4-12(10(16)5-7)20(18,19)17-11-6-8(14)1-3-9(11)15/h1-6,17H,16H2. The zero-order valence-corrected chi connectivity index (χ0v) is 10.7. The summed E-state index contributed by atoms with van der Waals surface area (Å²) in [5.41, 5.74) is 4.50. The predicted molar refractivity (Wildman–Crippen MR) is 68.0 cm³/mol. The Hall–Kier alpha value is -2.22. The number of nitrogens with two attached hydrogens (primary N) is 1. The highest BCUT2D eigenvalue weighted by atomic mass is 32.2. The minimum Gasteiger partial charge on any atom is -0.398 e. The summed E-state index contributed by atoms with van der Waals surface area (Å²) in [5, 5.41) is 0. The van der Waals surface area contributed by atoms with E-state index in [2.05, 4.69) is 0 Å². The lowest BCUT2D eigenvalue weighted by atomic mass is 10.3. The molecular weight excluding hydrogens is 293 g/mol. The van der Waals surface area contributed by atoms with Gasteiger partial charge in [0.25, 0.3) is 10.0 Å². The Morgan fingerprint density at radius 1 is 0.950 bits per heavy atom. The highest BCUT2D eigenvalue weighted by Gasteiger charge is 2.19. The first-order valence-electron chi connectivity index (χ1n) is 5.32. The summed E-state index contributed by atoms with van der Waals surface area (Å²) in [6.07, 6.45) is 0. The second kappa shape index (κ2) is 5.04. The summed E-state index contributed by atoms with van der Waals surface area (Å²) < 4.78 is 65.1. The molecule has 0 amide bonds. The van der Waals surface area contributed by atoms with Crippen LogP contribution < -0.4 is 10.5 Å². The van der Waals surface area contributed by atoms with Gasteiger partial charge in [0.1, 0.15) is 22.3 Å². The Morgan fingerprint density at radius 3 is 2.20 bits per heavy atom. The molecular formula is C12H9F3N2O2S. The van der Waals surface area contributed by atoms with E-state index in [1.165, 1.54) is 0 Å². The van der Waals surface area contributed by atoms with Gasteiger partial charge in [-0.15, -0.1) is 0 Å². The zero-order chi connectivity index (χ0) is 14.9. The van der Waals surface area contributed by atoms with Gasteiger partial charge in [0, 0.05) is 6.07 Å². The topological polar surface area (TPSA) is 72.2 Å². The molecule has 0 aliphatic rings. The molecule has 0 saturated carbocycles. The molecule has 0 saturated heterocycles. The fraction of sp³-hybridized carbons (Fsp3) is 0. The van der Waals surface area contributed by atoms with Gasteiger partial charge in [-0.1, -0.05) is 0 Å². The molecule has 8 heteroatoms. The first kappa shape index (κ1) is 14.2. The van der Waals surface area contributed by atoms with E-state index in [4.69, 9.17) is 5.73 Å². The molecule has 0 spiro atoms. The summed E-state index contributed by atoms with van der Waals surface area (Å²) in [6, 6.07) is 4.96. The average molecular weight is 302 g/mol. The van der Waals surface area contributed by atoms with Crippen molar-refractivity contribution < 1.29 is 21.6 Å². The maximum absolute atomic E-state index is 13.4. The quantitative estimate of drug-likeness (QED) is 0.856. The largest absolute Gasteiger partial charge is 0.398 e. The van der Waals surface area contributed by atoms with Gasteiger partial charge in [0.15, 0.2) is 0 Å². The number of hydrogen-bond donors (Lipinski definition) is 2. The molecule has 0 radical (unpaired) electrons. The molecule has 0 aromatic heterocycles. The van der Waals surface area contributed by atoms with Gasteiger partial charge in [-0.3, -0.25) is 4.72 Å². The van der Waals surface area contributed by atoms with E-state index in [1.807, 2.05) is 4.72 Å². The number of halogens is 3. The third-order valence-corrected chi connectivity index (χ3v) is 3.87. The molecule has 0 fully saturated rings. The summed E-state index contributed by atoms with van der Waals surface area (Å²) in [6.45, 7) is 0. The molecule has 2 aromatic rings. The van der Waals surface area contributed by atoms with Crippen LogP contribution in [0, 0.1) is 17.5 Å². The zero-order valence-electron chi connectivity index (χ0n) is 9.90. The maximum Gasteiger partial charge on any atom is 0.264 e. The van der Waals surface area contributed by atoms with Crippen LogP contribution in [0.25, 0.3) is 0 Å². The van der Waals surface area contributed by atoms with Crippen LogP contribution in [0.3, 0.4) is 0 Å². The summed E-state index contributed by atoms with van der Waals surface area (Å²) in [7, 11) is -4.25. The van der Waals surface area contributed by atoms with Crippen molar-refractivity contribution in [1.82, 2.24) is 0 Å². The van der Waals surface area contributed by atoms with Crippen LogP contribution in [-0.4, -0.2) is 8.42 Å². The third kappa shape index (κ3) is 2.85. The van der Waals surface area contributed by atoms with Crippen LogP contribution in [0.5, 0.6) is 0 Å². The lowest BCUT2D eigenvalue weighted by molar-refractivity contribution is 0.594. The van der Waals surface area contributed by atoms with E-state index in [9.17, 15) is 21.6 Å². The van der Waals surface area contributed by atoms with E-state index in [0.29, 0.717) is 6.07 Å². The number of rotatable bonds is 3. The Labute approximate surface area is 113 Å². The molecule has 20 heavy (non-hydrogen) atoms. The average Bonchev–Trinajstić information content (AvgIpc) is 2.33. The first-order chi connectivity index (χ1) is 9.29. The molecule has 106 valence electrons. The number of benzene rings is 2. The molecule has 0 atom stereocenters. The van der Waals surface area contributed by atoms with Gasteiger partial charge in [-0.2, -0.15) is 0 Å². The van der Waals surface area contributed by atoms with E-state index in [0.717, 1.165) is 30.3 Å². The fourth-order valence-electron chi connectivity index (χ4n) is 1.54. The van der Waals surface area contributed by atoms with Crippen LogP contribution >= 0.6 is 0 Å².